The Kier molecular flexibility index (Phi) is 8.36. The molecule has 2 saturated carbocycles. The predicted octanol–water partition coefficient (Wildman–Crippen LogP) is 8.17. The molecule has 0 amide bonds. The summed E-state index contributed by atoms with van der Waals surface area (Å²) in [5.41, 5.74) is 1.94. The molecule has 2 aromatic rings. The smallest absolute Gasteiger partial charge is 0.165 e. The van der Waals surface area contributed by atoms with E-state index in [0.29, 0.717) is 17.7 Å². The fourth-order valence-corrected chi connectivity index (χ4v) is 5.76. The minimum Gasteiger partial charge on any atom is -0.486 e. The second-order valence-electron chi connectivity index (χ2n) is 9.64. The molecule has 5 heteroatoms. The van der Waals surface area contributed by atoms with Gasteiger partial charge in [-0.25, -0.2) is 13.2 Å². The van der Waals surface area contributed by atoms with Gasteiger partial charge in [0.2, 0.25) is 0 Å². The van der Waals surface area contributed by atoms with Gasteiger partial charge in [0.15, 0.2) is 23.2 Å². The van der Waals surface area contributed by atoms with E-state index >= 15 is 8.78 Å². The van der Waals surface area contributed by atoms with E-state index in [4.69, 9.17) is 9.47 Å². The number of rotatable bonds is 8. The second-order valence-corrected chi connectivity index (χ2v) is 9.64. The standard InChI is InChI=1S/C29H35F3O2/c1-3-17-34-27-16-11-22(18-26(27)30)19-5-7-20(8-6-19)24-14-15-25(29(32)28(24)31)21-9-12-23(13-10-21)33-4-2/h3,11,14-16,18-21,23H,1,4-10,12-13,17H2,2H3. The molecule has 0 N–H and O–H groups in total. The van der Waals surface area contributed by atoms with Crippen LogP contribution >= 0.6 is 0 Å². The Morgan fingerprint density at radius 3 is 1.91 bits per heavy atom. The van der Waals surface area contributed by atoms with Gasteiger partial charge in [-0.15, -0.1) is 0 Å². The molecule has 0 unspecified atom stereocenters. The summed E-state index contributed by atoms with van der Waals surface area (Å²) in [6, 6.07) is 8.72. The molecule has 0 saturated heterocycles. The largest absolute Gasteiger partial charge is 0.486 e. The summed E-state index contributed by atoms with van der Waals surface area (Å²) in [4.78, 5) is 0. The fraction of sp³-hybridized carbons (Fsp3) is 0.517. The van der Waals surface area contributed by atoms with Gasteiger partial charge < -0.3 is 9.47 Å². The highest BCUT2D eigenvalue weighted by Gasteiger charge is 2.30. The summed E-state index contributed by atoms with van der Waals surface area (Å²) in [6.07, 6.45) is 8.44. The van der Waals surface area contributed by atoms with Crippen LogP contribution in [-0.2, 0) is 4.74 Å². The minimum absolute atomic E-state index is 0.00599. The maximum atomic E-state index is 15.1. The van der Waals surface area contributed by atoms with E-state index < -0.39 is 11.6 Å². The normalized spacial score (nSPS) is 25.2. The fourth-order valence-electron chi connectivity index (χ4n) is 5.76. The summed E-state index contributed by atoms with van der Waals surface area (Å²) in [7, 11) is 0. The van der Waals surface area contributed by atoms with Gasteiger partial charge in [-0.1, -0.05) is 30.9 Å². The van der Waals surface area contributed by atoms with Gasteiger partial charge in [0, 0.05) is 6.61 Å². The molecule has 0 atom stereocenters. The first-order chi connectivity index (χ1) is 16.5. The maximum Gasteiger partial charge on any atom is 0.165 e. The summed E-state index contributed by atoms with van der Waals surface area (Å²) in [5, 5.41) is 0. The van der Waals surface area contributed by atoms with Crippen molar-refractivity contribution >= 4 is 0 Å². The summed E-state index contributed by atoms with van der Waals surface area (Å²) >= 11 is 0. The first kappa shape index (κ1) is 24.8. The third-order valence-electron chi connectivity index (χ3n) is 7.61. The Hall–Kier alpha value is -2.27. The number of benzene rings is 2. The highest BCUT2D eigenvalue weighted by Crippen LogP contribution is 2.43. The Morgan fingerprint density at radius 2 is 1.38 bits per heavy atom. The van der Waals surface area contributed by atoms with Crippen molar-refractivity contribution in [3.8, 4) is 5.75 Å². The van der Waals surface area contributed by atoms with Crippen molar-refractivity contribution in [1.82, 2.24) is 0 Å². The number of ether oxygens (including phenoxy) is 2. The molecule has 0 heterocycles. The Labute approximate surface area is 201 Å². The average molecular weight is 473 g/mol. The van der Waals surface area contributed by atoms with E-state index in [0.717, 1.165) is 56.9 Å². The lowest BCUT2D eigenvalue weighted by atomic mass is 9.75. The molecule has 184 valence electrons. The molecule has 0 aliphatic heterocycles. The van der Waals surface area contributed by atoms with Gasteiger partial charge in [-0.2, -0.15) is 0 Å². The van der Waals surface area contributed by atoms with Crippen LogP contribution in [0.4, 0.5) is 13.2 Å². The monoisotopic (exact) mass is 472 g/mol. The maximum absolute atomic E-state index is 15.1. The molecule has 0 radical (unpaired) electrons. The number of hydrogen-bond donors (Lipinski definition) is 0. The zero-order valence-corrected chi connectivity index (χ0v) is 20.0. The molecular weight excluding hydrogens is 437 g/mol. The summed E-state index contributed by atoms with van der Waals surface area (Å²) < 4.78 is 55.6. The lowest BCUT2D eigenvalue weighted by molar-refractivity contribution is 0.0325. The minimum atomic E-state index is -0.678. The molecular formula is C29H35F3O2. The van der Waals surface area contributed by atoms with Crippen LogP contribution in [0.2, 0.25) is 0 Å². The van der Waals surface area contributed by atoms with E-state index in [1.165, 1.54) is 0 Å². The molecule has 2 aliphatic carbocycles. The van der Waals surface area contributed by atoms with E-state index in [1.54, 1.807) is 24.3 Å². The van der Waals surface area contributed by atoms with Crippen LogP contribution in [0.1, 0.15) is 92.7 Å². The van der Waals surface area contributed by atoms with Crippen LogP contribution < -0.4 is 4.74 Å². The van der Waals surface area contributed by atoms with Gasteiger partial charge in [-0.3, -0.25) is 0 Å². The summed E-state index contributed by atoms with van der Waals surface area (Å²) in [5.74, 6) is -1.23. The Balaban J connectivity index is 1.38. The molecule has 2 nitrogen and oxygen atoms in total. The van der Waals surface area contributed by atoms with Crippen LogP contribution in [0.25, 0.3) is 0 Å². The van der Waals surface area contributed by atoms with E-state index in [-0.39, 0.29) is 42.0 Å². The van der Waals surface area contributed by atoms with Gasteiger partial charge in [0.1, 0.15) is 6.61 Å². The van der Waals surface area contributed by atoms with E-state index in [9.17, 15) is 4.39 Å². The zero-order chi connectivity index (χ0) is 24.1. The van der Waals surface area contributed by atoms with Gasteiger partial charge in [0.25, 0.3) is 0 Å². The number of halogens is 3. The Morgan fingerprint density at radius 1 is 0.824 bits per heavy atom. The molecule has 2 fully saturated rings. The van der Waals surface area contributed by atoms with Crippen molar-refractivity contribution in [2.75, 3.05) is 13.2 Å². The first-order valence-electron chi connectivity index (χ1n) is 12.6. The molecule has 0 spiro atoms. The van der Waals surface area contributed by atoms with Crippen molar-refractivity contribution in [1.29, 1.82) is 0 Å². The van der Waals surface area contributed by atoms with Gasteiger partial charge in [-0.05, 0) is 105 Å². The summed E-state index contributed by atoms with van der Waals surface area (Å²) in [6.45, 7) is 6.52. The molecule has 0 bridgehead atoms. The van der Waals surface area contributed by atoms with Gasteiger partial charge >= 0.3 is 0 Å². The van der Waals surface area contributed by atoms with E-state index in [2.05, 4.69) is 6.58 Å². The second kappa shape index (κ2) is 11.4. The zero-order valence-electron chi connectivity index (χ0n) is 20.0. The Bertz CT molecular complexity index is 974. The van der Waals surface area contributed by atoms with Crippen LogP contribution in [0.5, 0.6) is 5.75 Å². The van der Waals surface area contributed by atoms with Crippen molar-refractivity contribution in [3.63, 3.8) is 0 Å². The van der Waals surface area contributed by atoms with Crippen molar-refractivity contribution in [2.24, 2.45) is 0 Å². The third kappa shape index (κ3) is 5.51. The van der Waals surface area contributed by atoms with Crippen molar-refractivity contribution in [3.05, 3.63) is 77.1 Å². The topological polar surface area (TPSA) is 18.5 Å². The van der Waals surface area contributed by atoms with E-state index in [1.807, 2.05) is 19.1 Å². The third-order valence-corrected chi connectivity index (χ3v) is 7.61. The first-order valence-corrected chi connectivity index (χ1v) is 12.6. The van der Waals surface area contributed by atoms with Crippen LogP contribution in [0.3, 0.4) is 0 Å². The van der Waals surface area contributed by atoms with Crippen LogP contribution in [-0.4, -0.2) is 19.3 Å². The molecule has 34 heavy (non-hydrogen) atoms. The van der Waals surface area contributed by atoms with Gasteiger partial charge in [0.05, 0.1) is 6.10 Å². The van der Waals surface area contributed by atoms with Crippen molar-refractivity contribution < 1.29 is 22.6 Å². The molecule has 0 aromatic heterocycles. The molecule has 2 aromatic carbocycles. The molecule has 2 aliphatic rings. The highest BCUT2D eigenvalue weighted by atomic mass is 19.2. The molecule has 4 rings (SSSR count). The van der Waals surface area contributed by atoms with Crippen molar-refractivity contribution in [2.45, 2.75) is 82.1 Å². The number of hydrogen-bond acceptors (Lipinski definition) is 2. The lowest BCUT2D eigenvalue weighted by Gasteiger charge is -2.31. The highest BCUT2D eigenvalue weighted by molar-refractivity contribution is 5.34. The quantitative estimate of drug-likeness (QED) is 0.361. The average Bonchev–Trinajstić information content (AvgIpc) is 2.86. The lowest BCUT2D eigenvalue weighted by Crippen LogP contribution is -2.21. The SMILES string of the molecule is C=CCOc1ccc(C2CCC(c3ccc(C4CCC(OCC)CC4)c(F)c3F)CC2)cc1F. The van der Waals surface area contributed by atoms with Crippen LogP contribution in [0, 0.1) is 17.5 Å². The van der Waals surface area contributed by atoms with Crippen LogP contribution in [0.15, 0.2) is 43.0 Å². The predicted molar refractivity (Wildman–Crippen MR) is 129 cm³/mol.